The van der Waals surface area contributed by atoms with Gasteiger partial charge in [-0.15, -0.1) is 6.58 Å². The number of carbonyl (C=O) groups excluding carboxylic acids is 1. The van der Waals surface area contributed by atoms with E-state index in [1.807, 2.05) is 0 Å². The van der Waals surface area contributed by atoms with Crippen LogP contribution in [0.2, 0.25) is 0 Å². The van der Waals surface area contributed by atoms with Gasteiger partial charge in [0.1, 0.15) is 5.54 Å². The Kier molecular flexibility index (Phi) is 4.54. The summed E-state index contributed by atoms with van der Waals surface area (Å²) in [4.78, 5) is 11.1. The van der Waals surface area contributed by atoms with Crippen molar-refractivity contribution < 1.29 is 14.3 Å². The highest BCUT2D eigenvalue weighted by atomic mass is 16.5. The monoisotopic (exact) mass is 173 g/mol. The van der Waals surface area contributed by atoms with E-state index >= 15 is 0 Å². The van der Waals surface area contributed by atoms with E-state index < -0.39 is 11.5 Å². The first-order valence-corrected chi connectivity index (χ1v) is 3.58. The highest BCUT2D eigenvalue weighted by Crippen LogP contribution is 2.09. The third-order valence-electron chi connectivity index (χ3n) is 1.50. The number of methoxy groups -OCH3 is 2. The summed E-state index contributed by atoms with van der Waals surface area (Å²) in [5, 5.41) is 0. The van der Waals surface area contributed by atoms with Crippen LogP contribution >= 0.6 is 0 Å². The molecule has 1 unspecified atom stereocenters. The average Bonchev–Trinajstić information content (AvgIpc) is 2.04. The van der Waals surface area contributed by atoms with Crippen LogP contribution in [0.5, 0.6) is 0 Å². The lowest BCUT2D eigenvalue weighted by Crippen LogP contribution is -2.52. The zero-order valence-electron chi connectivity index (χ0n) is 7.50. The average molecular weight is 173 g/mol. The van der Waals surface area contributed by atoms with Gasteiger partial charge in [-0.25, -0.2) is 4.79 Å². The largest absolute Gasteiger partial charge is 0.468 e. The maximum Gasteiger partial charge on any atom is 0.328 e. The fourth-order valence-electron chi connectivity index (χ4n) is 0.920. The molecular weight excluding hydrogens is 158 g/mol. The molecule has 0 saturated heterocycles. The molecule has 2 N–H and O–H groups in total. The van der Waals surface area contributed by atoms with Crippen molar-refractivity contribution in [3.8, 4) is 0 Å². The fourth-order valence-corrected chi connectivity index (χ4v) is 0.920. The molecule has 4 nitrogen and oxygen atoms in total. The molecule has 4 heteroatoms. The summed E-state index contributed by atoms with van der Waals surface area (Å²) in [6.45, 7) is 3.63. The first-order valence-electron chi connectivity index (χ1n) is 3.58. The molecule has 0 aromatic carbocycles. The van der Waals surface area contributed by atoms with Gasteiger partial charge in [0, 0.05) is 7.11 Å². The Balaban J connectivity index is 4.36. The zero-order valence-corrected chi connectivity index (χ0v) is 7.50. The quantitative estimate of drug-likeness (QED) is 0.472. The van der Waals surface area contributed by atoms with Gasteiger partial charge in [0.2, 0.25) is 0 Å². The van der Waals surface area contributed by atoms with Gasteiger partial charge >= 0.3 is 5.97 Å². The van der Waals surface area contributed by atoms with E-state index in [2.05, 4.69) is 11.3 Å². The molecule has 0 spiro atoms. The van der Waals surface area contributed by atoms with Crippen molar-refractivity contribution in [2.75, 3.05) is 20.8 Å². The van der Waals surface area contributed by atoms with Gasteiger partial charge in [0.05, 0.1) is 13.7 Å². The Morgan fingerprint density at radius 2 is 2.25 bits per heavy atom. The lowest BCUT2D eigenvalue weighted by atomic mass is 9.98. The summed E-state index contributed by atoms with van der Waals surface area (Å²) >= 11 is 0. The SMILES string of the molecule is C=CCC(N)(COC)C(=O)OC. The Morgan fingerprint density at radius 3 is 2.58 bits per heavy atom. The van der Waals surface area contributed by atoms with Crippen molar-refractivity contribution in [3.63, 3.8) is 0 Å². The van der Waals surface area contributed by atoms with Crippen LogP contribution in [0.1, 0.15) is 6.42 Å². The molecule has 70 valence electrons. The van der Waals surface area contributed by atoms with E-state index in [0.29, 0.717) is 6.42 Å². The topological polar surface area (TPSA) is 61.5 Å². The highest BCUT2D eigenvalue weighted by molar-refractivity contribution is 5.80. The molecule has 0 rings (SSSR count). The molecule has 0 heterocycles. The molecule has 1 atom stereocenters. The summed E-state index contributed by atoms with van der Waals surface area (Å²) in [5.41, 5.74) is 4.61. The molecule has 0 saturated carbocycles. The Hall–Kier alpha value is -0.870. The van der Waals surface area contributed by atoms with E-state index in [1.54, 1.807) is 6.08 Å². The summed E-state index contributed by atoms with van der Waals surface area (Å²) < 4.78 is 9.34. The van der Waals surface area contributed by atoms with Crippen molar-refractivity contribution in [3.05, 3.63) is 12.7 Å². The molecule has 0 amide bonds. The van der Waals surface area contributed by atoms with Crippen LogP contribution in [-0.2, 0) is 14.3 Å². The van der Waals surface area contributed by atoms with E-state index in [9.17, 15) is 4.79 Å². The molecule has 0 aromatic heterocycles. The molecule has 0 aliphatic heterocycles. The number of nitrogens with two attached hydrogens (primary N) is 1. The fraction of sp³-hybridized carbons (Fsp3) is 0.625. The number of hydrogen-bond acceptors (Lipinski definition) is 4. The van der Waals surface area contributed by atoms with Gasteiger partial charge in [0.25, 0.3) is 0 Å². The minimum atomic E-state index is -1.09. The van der Waals surface area contributed by atoms with Crippen LogP contribution in [0, 0.1) is 0 Å². The van der Waals surface area contributed by atoms with Gasteiger partial charge in [-0.1, -0.05) is 6.08 Å². The van der Waals surface area contributed by atoms with Crippen LogP contribution in [0.4, 0.5) is 0 Å². The molecule has 0 radical (unpaired) electrons. The Labute approximate surface area is 72.3 Å². The van der Waals surface area contributed by atoms with Crippen LogP contribution < -0.4 is 5.73 Å². The van der Waals surface area contributed by atoms with E-state index in [4.69, 9.17) is 10.5 Å². The first kappa shape index (κ1) is 11.1. The van der Waals surface area contributed by atoms with Crippen LogP contribution in [0.15, 0.2) is 12.7 Å². The second-order valence-electron chi connectivity index (χ2n) is 2.57. The van der Waals surface area contributed by atoms with E-state index in [0.717, 1.165) is 0 Å². The Bertz CT molecular complexity index is 170. The number of ether oxygens (including phenoxy) is 2. The maximum absolute atomic E-state index is 11.1. The summed E-state index contributed by atoms with van der Waals surface area (Å²) in [5.74, 6) is -0.482. The molecule has 0 aliphatic carbocycles. The summed E-state index contributed by atoms with van der Waals surface area (Å²) in [7, 11) is 2.77. The molecule has 12 heavy (non-hydrogen) atoms. The molecule has 0 aromatic rings. The smallest absolute Gasteiger partial charge is 0.328 e. The van der Waals surface area contributed by atoms with Crippen molar-refractivity contribution in [2.45, 2.75) is 12.0 Å². The van der Waals surface area contributed by atoms with Gasteiger partial charge in [-0.2, -0.15) is 0 Å². The predicted octanol–water partition coefficient (Wildman–Crippen LogP) is 0.0794. The highest BCUT2D eigenvalue weighted by Gasteiger charge is 2.33. The van der Waals surface area contributed by atoms with Gasteiger partial charge in [-0.3, -0.25) is 0 Å². The molecule has 0 fully saturated rings. The molecular formula is C8H15NO3. The number of carbonyl (C=O) groups is 1. The minimum Gasteiger partial charge on any atom is -0.468 e. The molecule has 0 aliphatic rings. The standard InChI is InChI=1S/C8H15NO3/c1-4-5-8(9,6-11-2)7(10)12-3/h4H,1,5-6,9H2,2-3H3. The van der Waals surface area contributed by atoms with Crippen LogP contribution in [0.3, 0.4) is 0 Å². The van der Waals surface area contributed by atoms with Crippen molar-refractivity contribution in [1.29, 1.82) is 0 Å². The van der Waals surface area contributed by atoms with Gasteiger partial charge in [0.15, 0.2) is 0 Å². The maximum atomic E-state index is 11.1. The normalized spacial score (nSPS) is 14.9. The van der Waals surface area contributed by atoms with E-state index in [-0.39, 0.29) is 6.61 Å². The summed E-state index contributed by atoms with van der Waals surface area (Å²) in [6.07, 6.45) is 1.91. The number of esters is 1. The van der Waals surface area contributed by atoms with Crippen molar-refractivity contribution in [2.24, 2.45) is 5.73 Å². The van der Waals surface area contributed by atoms with E-state index in [1.165, 1.54) is 14.2 Å². The molecule has 0 bridgehead atoms. The first-order chi connectivity index (χ1) is 5.60. The Morgan fingerprint density at radius 1 is 1.67 bits per heavy atom. The second-order valence-corrected chi connectivity index (χ2v) is 2.57. The van der Waals surface area contributed by atoms with Crippen LogP contribution in [-0.4, -0.2) is 32.3 Å². The second kappa shape index (κ2) is 4.90. The zero-order chi connectivity index (χ0) is 9.61. The lowest BCUT2D eigenvalue weighted by molar-refractivity contribution is -0.149. The summed E-state index contributed by atoms with van der Waals surface area (Å²) in [6, 6.07) is 0. The van der Waals surface area contributed by atoms with Crippen molar-refractivity contribution >= 4 is 5.97 Å². The third kappa shape index (κ3) is 2.64. The van der Waals surface area contributed by atoms with Crippen molar-refractivity contribution in [1.82, 2.24) is 0 Å². The minimum absolute atomic E-state index is 0.131. The number of rotatable bonds is 5. The third-order valence-corrected chi connectivity index (χ3v) is 1.50. The van der Waals surface area contributed by atoms with Gasteiger partial charge < -0.3 is 15.2 Å². The van der Waals surface area contributed by atoms with Crippen LogP contribution in [0.25, 0.3) is 0 Å². The van der Waals surface area contributed by atoms with Gasteiger partial charge in [-0.05, 0) is 6.42 Å². The lowest BCUT2D eigenvalue weighted by Gasteiger charge is -2.23. The predicted molar refractivity (Wildman–Crippen MR) is 45.6 cm³/mol. The number of hydrogen-bond donors (Lipinski definition) is 1.